The van der Waals surface area contributed by atoms with Crippen LogP contribution in [0.3, 0.4) is 0 Å². The third-order valence-electron chi connectivity index (χ3n) is 20.3. The molecule has 0 aromatic heterocycles. The summed E-state index contributed by atoms with van der Waals surface area (Å²) >= 11 is 0. The molecule has 548 valence electrons. The van der Waals surface area contributed by atoms with Crippen molar-refractivity contribution in [3.63, 3.8) is 0 Å². The van der Waals surface area contributed by atoms with E-state index in [1.807, 2.05) is 0 Å². The van der Waals surface area contributed by atoms with Gasteiger partial charge >= 0.3 is 0 Å². The van der Waals surface area contributed by atoms with E-state index in [2.05, 4.69) is 19.2 Å². The molecule has 0 aromatic rings. The van der Waals surface area contributed by atoms with Gasteiger partial charge in [0, 0.05) is 6.42 Å². The molecule has 2 aliphatic heterocycles. The standard InChI is InChI=1S/C78H153NO13/c1-3-5-7-9-11-13-15-17-19-21-23-25-27-29-31-32-33-34-35-36-38-40-42-44-46-48-50-52-54-56-58-60-62-70(83)79-66(65-89-77-75(88)73(86)76(69(64-81)91-77)92-78-74(87)72(85)71(84)68(63-80)90-78)67(82)61-59-57-55-53-51-49-47-45-43-41-39-37-30-28-26-24-22-20-18-16-14-12-10-8-6-4-2/h66-69,71-78,80-82,84-88H,3-65H2,1-2H3,(H,79,83). The Labute approximate surface area is 565 Å². The van der Waals surface area contributed by atoms with Crippen LogP contribution in [-0.2, 0) is 23.7 Å². The fourth-order valence-electron chi connectivity index (χ4n) is 14.0. The van der Waals surface area contributed by atoms with Gasteiger partial charge in [0.25, 0.3) is 0 Å². The predicted molar refractivity (Wildman–Crippen MR) is 379 cm³/mol. The summed E-state index contributed by atoms with van der Waals surface area (Å²) in [4.78, 5) is 13.4. The molecule has 0 aromatic carbocycles. The van der Waals surface area contributed by atoms with Crippen molar-refractivity contribution < 1.29 is 64.6 Å². The number of ether oxygens (including phenoxy) is 4. The SMILES string of the molecule is CCCCCCCCCCCCCCCCCCCCCCCCCCCCCCCCCCC(=O)NC(COC1OC(CO)C(OC2OC(CO)C(O)C(O)C2O)C(O)C1O)C(O)CCCCCCCCCCCCCCCCCCCCCCCCCCCC. The van der Waals surface area contributed by atoms with Gasteiger partial charge in [-0.2, -0.15) is 0 Å². The van der Waals surface area contributed by atoms with E-state index in [0.29, 0.717) is 12.8 Å². The van der Waals surface area contributed by atoms with E-state index in [1.165, 1.54) is 321 Å². The summed E-state index contributed by atoms with van der Waals surface area (Å²) in [6.07, 6.45) is 61.5. The highest BCUT2D eigenvalue weighted by atomic mass is 16.7. The Morgan fingerprint density at radius 2 is 0.620 bits per heavy atom. The Hall–Kier alpha value is -1.01. The molecule has 92 heavy (non-hydrogen) atoms. The van der Waals surface area contributed by atoms with Crippen molar-refractivity contribution in [2.75, 3.05) is 19.8 Å². The summed E-state index contributed by atoms with van der Waals surface area (Å²) in [7, 11) is 0. The van der Waals surface area contributed by atoms with Gasteiger partial charge in [-0.3, -0.25) is 4.79 Å². The number of aliphatic hydroxyl groups is 8. The lowest BCUT2D eigenvalue weighted by atomic mass is 9.97. The first-order chi connectivity index (χ1) is 45.1. The Morgan fingerprint density at radius 1 is 0.348 bits per heavy atom. The zero-order valence-electron chi connectivity index (χ0n) is 60.1. The first-order valence-corrected chi connectivity index (χ1v) is 40.3. The van der Waals surface area contributed by atoms with Crippen LogP contribution in [0.5, 0.6) is 0 Å². The maximum atomic E-state index is 13.4. The molecule has 14 heteroatoms. The van der Waals surface area contributed by atoms with Crippen LogP contribution in [-0.4, -0.2) is 140 Å². The van der Waals surface area contributed by atoms with Gasteiger partial charge in [-0.1, -0.05) is 380 Å². The molecule has 12 unspecified atom stereocenters. The number of hydrogen-bond donors (Lipinski definition) is 9. The zero-order chi connectivity index (χ0) is 66.6. The summed E-state index contributed by atoms with van der Waals surface area (Å²) in [5, 5.41) is 87.9. The maximum absolute atomic E-state index is 13.4. The van der Waals surface area contributed by atoms with Crippen LogP contribution in [0.15, 0.2) is 0 Å². The van der Waals surface area contributed by atoms with Crippen molar-refractivity contribution in [2.45, 2.75) is 473 Å². The molecule has 14 nitrogen and oxygen atoms in total. The number of nitrogens with one attached hydrogen (secondary N) is 1. The van der Waals surface area contributed by atoms with Crippen LogP contribution in [0.1, 0.15) is 399 Å². The fraction of sp³-hybridized carbons (Fsp3) is 0.987. The van der Waals surface area contributed by atoms with Crippen LogP contribution in [0.25, 0.3) is 0 Å². The van der Waals surface area contributed by atoms with Crippen molar-refractivity contribution in [1.29, 1.82) is 0 Å². The second kappa shape index (κ2) is 63.4. The molecule has 2 saturated heterocycles. The average Bonchev–Trinajstić information content (AvgIpc) is 0.830. The lowest BCUT2D eigenvalue weighted by Crippen LogP contribution is -2.65. The fourth-order valence-corrected chi connectivity index (χ4v) is 14.0. The summed E-state index contributed by atoms with van der Waals surface area (Å²) in [5.41, 5.74) is 0. The number of hydrogen-bond acceptors (Lipinski definition) is 13. The second-order valence-electron chi connectivity index (χ2n) is 28.9. The van der Waals surface area contributed by atoms with Crippen LogP contribution in [0.2, 0.25) is 0 Å². The zero-order valence-corrected chi connectivity index (χ0v) is 60.1. The molecule has 2 aliphatic rings. The van der Waals surface area contributed by atoms with Gasteiger partial charge in [0.1, 0.15) is 48.8 Å². The van der Waals surface area contributed by atoms with Crippen molar-refractivity contribution in [2.24, 2.45) is 0 Å². The van der Waals surface area contributed by atoms with Crippen LogP contribution >= 0.6 is 0 Å². The molecule has 0 saturated carbocycles. The number of rotatable bonds is 69. The van der Waals surface area contributed by atoms with E-state index < -0.39 is 86.8 Å². The van der Waals surface area contributed by atoms with Gasteiger partial charge in [0.05, 0.1) is 32.0 Å². The van der Waals surface area contributed by atoms with Crippen molar-refractivity contribution in [3.8, 4) is 0 Å². The Balaban J connectivity index is 1.60. The largest absolute Gasteiger partial charge is 0.394 e. The van der Waals surface area contributed by atoms with Gasteiger partial charge in [-0.15, -0.1) is 0 Å². The average molecular weight is 1310 g/mol. The third-order valence-corrected chi connectivity index (χ3v) is 20.3. The van der Waals surface area contributed by atoms with Crippen LogP contribution in [0, 0.1) is 0 Å². The number of amides is 1. The highest BCUT2D eigenvalue weighted by Crippen LogP contribution is 2.31. The minimum absolute atomic E-state index is 0.195. The van der Waals surface area contributed by atoms with Crippen LogP contribution < -0.4 is 5.32 Å². The third kappa shape index (κ3) is 46.3. The highest BCUT2D eigenvalue weighted by molar-refractivity contribution is 5.76. The molecule has 2 fully saturated rings. The molecule has 9 N–H and O–H groups in total. The Bertz CT molecular complexity index is 1550. The first-order valence-electron chi connectivity index (χ1n) is 40.3. The highest BCUT2D eigenvalue weighted by Gasteiger charge is 2.51. The predicted octanol–water partition coefficient (Wildman–Crippen LogP) is 17.9. The number of carbonyl (C=O) groups excluding carboxylic acids is 1. The smallest absolute Gasteiger partial charge is 0.220 e. The Kier molecular flexibility index (Phi) is 60.0. The van der Waals surface area contributed by atoms with Crippen molar-refractivity contribution in [1.82, 2.24) is 5.32 Å². The normalized spacial score (nSPS) is 22.5. The number of carbonyl (C=O) groups is 1. The van der Waals surface area contributed by atoms with Gasteiger partial charge < -0.3 is 65.1 Å². The summed E-state index contributed by atoms with van der Waals surface area (Å²) in [6.45, 7) is 2.95. The van der Waals surface area contributed by atoms with E-state index in [-0.39, 0.29) is 12.5 Å². The van der Waals surface area contributed by atoms with E-state index in [0.717, 1.165) is 51.4 Å². The second-order valence-corrected chi connectivity index (χ2v) is 28.9. The number of unbranched alkanes of at least 4 members (excludes halogenated alkanes) is 56. The van der Waals surface area contributed by atoms with Crippen molar-refractivity contribution in [3.05, 3.63) is 0 Å². The van der Waals surface area contributed by atoms with Gasteiger partial charge in [0.2, 0.25) is 5.91 Å². The number of aliphatic hydroxyl groups excluding tert-OH is 8. The topological polar surface area (TPSA) is 228 Å². The molecule has 0 aliphatic carbocycles. The molecule has 2 rings (SSSR count). The van der Waals surface area contributed by atoms with E-state index in [1.54, 1.807) is 0 Å². The molecular weight excluding hydrogens is 1160 g/mol. The summed E-state index contributed by atoms with van der Waals surface area (Å²) < 4.78 is 23.0. The van der Waals surface area contributed by atoms with Gasteiger partial charge in [-0.25, -0.2) is 0 Å². The van der Waals surface area contributed by atoms with Gasteiger partial charge in [0.15, 0.2) is 12.6 Å². The minimum Gasteiger partial charge on any atom is -0.394 e. The molecule has 0 radical (unpaired) electrons. The first kappa shape index (κ1) is 87.1. The van der Waals surface area contributed by atoms with Crippen LogP contribution in [0.4, 0.5) is 0 Å². The Morgan fingerprint density at radius 3 is 0.924 bits per heavy atom. The van der Waals surface area contributed by atoms with Crippen molar-refractivity contribution >= 4 is 5.91 Å². The lowest BCUT2D eigenvalue weighted by molar-refractivity contribution is -0.359. The molecule has 1 amide bonds. The molecule has 12 atom stereocenters. The quantitative estimate of drug-likeness (QED) is 0.0259. The van der Waals surface area contributed by atoms with E-state index in [9.17, 15) is 45.6 Å². The van der Waals surface area contributed by atoms with Gasteiger partial charge in [-0.05, 0) is 12.8 Å². The summed E-state index contributed by atoms with van der Waals surface area (Å²) in [5.74, 6) is -0.195. The molecule has 0 spiro atoms. The summed E-state index contributed by atoms with van der Waals surface area (Å²) in [6, 6.07) is -0.825. The minimum atomic E-state index is -1.78. The van der Waals surface area contributed by atoms with E-state index in [4.69, 9.17) is 18.9 Å². The van der Waals surface area contributed by atoms with E-state index >= 15 is 0 Å². The molecule has 2 heterocycles. The maximum Gasteiger partial charge on any atom is 0.220 e. The monoisotopic (exact) mass is 1310 g/mol. The molecule has 0 bridgehead atoms. The lowest BCUT2D eigenvalue weighted by Gasteiger charge is -2.46. The molecular formula is C78H153NO13.